The number of alkyl halides is 3. The first kappa shape index (κ1) is 15.1. The number of nitrogens with zero attached hydrogens (tertiary/aromatic N) is 2. The van der Waals surface area contributed by atoms with E-state index in [0.29, 0.717) is 12.2 Å². The topological polar surface area (TPSA) is 26.7 Å². The van der Waals surface area contributed by atoms with Crippen molar-refractivity contribution in [1.29, 1.82) is 0 Å². The van der Waals surface area contributed by atoms with Gasteiger partial charge in [-0.2, -0.15) is 13.2 Å². The fourth-order valence-corrected chi connectivity index (χ4v) is 2.47. The highest BCUT2D eigenvalue weighted by atomic mass is 19.4. The third kappa shape index (κ3) is 3.43. The molecule has 1 heterocycles. The first-order valence-corrected chi connectivity index (χ1v) is 6.66. The Hall–Kier alpha value is -1.27. The summed E-state index contributed by atoms with van der Waals surface area (Å²) in [6.45, 7) is 2.66. The van der Waals surface area contributed by atoms with E-state index in [2.05, 4.69) is 4.90 Å². The molecule has 1 fully saturated rings. The smallest absolute Gasteiger partial charge is 0.392 e. The van der Waals surface area contributed by atoms with Gasteiger partial charge in [-0.15, -0.1) is 0 Å². The van der Waals surface area contributed by atoms with Crippen molar-refractivity contribution >= 4 is 5.69 Å². The molecule has 0 radical (unpaired) electrons. The van der Waals surface area contributed by atoms with E-state index in [0.717, 1.165) is 32.1 Å². The van der Waals surface area contributed by atoms with Gasteiger partial charge < -0.3 is 14.9 Å². The van der Waals surface area contributed by atoms with E-state index in [9.17, 15) is 13.2 Å². The molecule has 0 atom stereocenters. The number of hydrogen-bond donors (Lipinski definition) is 1. The summed E-state index contributed by atoms with van der Waals surface area (Å²) in [6.07, 6.45) is -3.50. The van der Waals surface area contributed by atoms with Crippen molar-refractivity contribution in [2.24, 2.45) is 0 Å². The van der Waals surface area contributed by atoms with Crippen LogP contribution in [0.15, 0.2) is 18.2 Å². The minimum absolute atomic E-state index is 0.0758. The van der Waals surface area contributed by atoms with Crippen LogP contribution in [-0.4, -0.2) is 43.2 Å². The van der Waals surface area contributed by atoms with Crippen LogP contribution in [0, 0.1) is 0 Å². The predicted molar refractivity (Wildman–Crippen MR) is 71.7 cm³/mol. The minimum Gasteiger partial charge on any atom is -0.392 e. The van der Waals surface area contributed by atoms with Gasteiger partial charge in [-0.3, -0.25) is 0 Å². The predicted octanol–water partition coefficient (Wildman–Crippen LogP) is 2.34. The molecular weight excluding hydrogens is 269 g/mol. The Balaban J connectivity index is 2.28. The molecule has 1 saturated heterocycles. The Bertz CT molecular complexity index is 462. The molecule has 1 aromatic carbocycles. The maximum absolute atomic E-state index is 13.0. The highest BCUT2D eigenvalue weighted by Gasteiger charge is 2.33. The zero-order chi connectivity index (χ0) is 14.8. The molecule has 0 spiro atoms. The number of likely N-dealkylation sites (N-methyl/N-ethyl adjacent to an activating group) is 1. The monoisotopic (exact) mass is 288 g/mol. The van der Waals surface area contributed by atoms with Gasteiger partial charge in [0.2, 0.25) is 0 Å². The lowest BCUT2D eigenvalue weighted by Gasteiger charge is -2.24. The van der Waals surface area contributed by atoms with Gasteiger partial charge in [-0.25, -0.2) is 0 Å². The SMILES string of the molecule is CN1CCCN(c2ccc(CO)c(C(F)(F)F)c2)CC1. The average molecular weight is 288 g/mol. The summed E-state index contributed by atoms with van der Waals surface area (Å²) in [7, 11) is 2.01. The van der Waals surface area contributed by atoms with Gasteiger partial charge in [0, 0.05) is 25.3 Å². The van der Waals surface area contributed by atoms with Crippen molar-refractivity contribution in [1.82, 2.24) is 4.90 Å². The van der Waals surface area contributed by atoms with Gasteiger partial charge in [0.1, 0.15) is 0 Å². The zero-order valence-corrected chi connectivity index (χ0v) is 11.5. The Labute approximate surface area is 116 Å². The second-order valence-corrected chi connectivity index (χ2v) is 5.14. The molecule has 0 unspecified atom stereocenters. The fourth-order valence-electron chi connectivity index (χ4n) is 2.47. The molecule has 0 saturated carbocycles. The summed E-state index contributed by atoms with van der Waals surface area (Å²) in [5, 5.41) is 9.04. The van der Waals surface area contributed by atoms with Gasteiger partial charge in [0.25, 0.3) is 0 Å². The van der Waals surface area contributed by atoms with Crippen LogP contribution in [0.3, 0.4) is 0 Å². The van der Waals surface area contributed by atoms with E-state index < -0.39 is 18.3 Å². The number of hydrogen-bond acceptors (Lipinski definition) is 3. The van der Waals surface area contributed by atoms with Crippen molar-refractivity contribution < 1.29 is 18.3 Å². The number of benzene rings is 1. The first-order chi connectivity index (χ1) is 9.41. The Morgan fingerprint density at radius 3 is 2.55 bits per heavy atom. The summed E-state index contributed by atoms with van der Waals surface area (Å²) in [6, 6.07) is 4.18. The minimum atomic E-state index is -4.43. The molecule has 0 bridgehead atoms. The van der Waals surface area contributed by atoms with Crippen molar-refractivity contribution in [2.75, 3.05) is 38.1 Å². The molecule has 6 heteroatoms. The lowest BCUT2D eigenvalue weighted by molar-refractivity contribution is -0.138. The van der Waals surface area contributed by atoms with Crippen molar-refractivity contribution in [3.05, 3.63) is 29.3 Å². The maximum Gasteiger partial charge on any atom is 0.416 e. The van der Waals surface area contributed by atoms with Gasteiger partial charge >= 0.3 is 6.18 Å². The van der Waals surface area contributed by atoms with Crippen molar-refractivity contribution in [3.63, 3.8) is 0 Å². The van der Waals surface area contributed by atoms with Crippen LogP contribution >= 0.6 is 0 Å². The van der Waals surface area contributed by atoms with Crippen LogP contribution < -0.4 is 4.90 Å². The molecular formula is C14H19F3N2O. The van der Waals surface area contributed by atoms with Crippen LogP contribution in [0.1, 0.15) is 17.5 Å². The maximum atomic E-state index is 13.0. The summed E-state index contributed by atoms with van der Waals surface area (Å²) in [4.78, 5) is 4.15. The van der Waals surface area contributed by atoms with Crippen LogP contribution in [0.2, 0.25) is 0 Å². The Kier molecular flexibility index (Phi) is 4.55. The summed E-state index contributed by atoms with van der Waals surface area (Å²) >= 11 is 0. The number of halogens is 3. The van der Waals surface area contributed by atoms with Gasteiger partial charge in [-0.1, -0.05) is 6.07 Å². The molecule has 1 aliphatic heterocycles. The molecule has 1 N–H and O–H groups in total. The molecule has 1 aromatic rings. The van der Waals surface area contributed by atoms with Gasteiger partial charge in [0.05, 0.1) is 12.2 Å². The van der Waals surface area contributed by atoms with E-state index >= 15 is 0 Å². The largest absolute Gasteiger partial charge is 0.416 e. The van der Waals surface area contributed by atoms with Crippen LogP contribution in [0.4, 0.5) is 18.9 Å². The van der Waals surface area contributed by atoms with E-state index in [1.165, 1.54) is 6.07 Å². The van der Waals surface area contributed by atoms with Gasteiger partial charge in [-0.05, 0) is 37.7 Å². The highest BCUT2D eigenvalue weighted by molar-refractivity contribution is 5.52. The molecule has 0 aliphatic carbocycles. The molecule has 20 heavy (non-hydrogen) atoms. The van der Waals surface area contributed by atoms with E-state index in [1.54, 1.807) is 6.07 Å². The molecule has 3 nitrogen and oxygen atoms in total. The molecule has 1 aliphatic rings. The van der Waals surface area contributed by atoms with E-state index in [-0.39, 0.29) is 5.56 Å². The quantitative estimate of drug-likeness (QED) is 0.905. The lowest BCUT2D eigenvalue weighted by atomic mass is 10.1. The normalized spacial score (nSPS) is 18.1. The second-order valence-electron chi connectivity index (χ2n) is 5.14. The third-order valence-corrected chi connectivity index (χ3v) is 3.65. The standard InChI is InChI=1S/C14H19F3N2O/c1-18-5-2-6-19(8-7-18)12-4-3-11(10-20)13(9-12)14(15,16)17/h3-4,9,20H,2,5-8,10H2,1H3. The number of anilines is 1. The summed E-state index contributed by atoms with van der Waals surface area (Å²) in [5.74, 6) is 0. The average Bonchev–Trinajstić information content (AvgIpc) is 2.62. The van der Waals surface area contributed by atoms with Crippen LogP contribution in [-0.2, 0) is 12.8 Å². The van der Waals surface area contributed by atoms with Crippen LogP contribution in [0.5, 0.6) is 0 Å². The fraction of sp³-hybridized carbons (Fsp3) is 0.571. The zero-order valence-electron chi connectivity index (χ0n) is 11.5. The third-order valence-electron chi connectivity index (χ3n) is 3.65. The Morgan fingerprint density at radius 1 is 1.15 bits per heavy atom. The molecule has 112 valence electrons. The molecule has 2 rings (SSSR count). The van der Waals surface area contributed by atoms with Gasteiger partial charge in [0.15, 0.2) is 0 Å². The highest BCUT2D eigenvalue weighted by Crippen LogP contribution is 2.34. The Morgan fingerprint density at radius 2 is 1.90 bits per heavy atom. The van der Waals surface area contributed by atoms with Crippen LogP contribution in [0.25, 0.3) is 0 Å². The van der Waals surface area contributed by atoms with Crippen molar-refractivity contribution in [2.45, 2.75) is 19.2 Å². The van der Waals surface area contributed by atoms with E-state index in [1.807, 2.05) is 11.9 Å². The molecule has 0 aromatic heterocycles. The lowest BCUT2D eigenvalue weighted by Crippen LogP contribution is -2.29. The summed E-state index contributed by atoms with van der Waals surface area (Å²) < 4.78 is 39.0. The second kappa shape index (κ2) is 6.01. The number of rotatable bonds is 2. The van der Waals surface area contributed by atoms with Crippen molar-refractivity contribution in [3.8, 4) is 0 Å². The first-order valence-electron chi connectivity index (χ1n) is 6.66. The number of aliphatic hydroxyl groups excluding tert-OH is 1. The van der Waals surface area contributed by atoms with E-state index in [4.69, 9.17) is 5.11 Å². The summed E-state index contributed by atoms with van der Waals surface area (Å²) in [5.41, 5.74) is -0.242. The number of aliphatic hydroxyl groups is 1. The molecule has 0 amide bonds.